The van der Waals surface area contributed by atoms with Crippen molar-refractivity contribution in [3.8, 4) is 6.07 Å². The summed E-state index contributed by atoms with van der Waals surface area (Å²) in [7, 11) is 0. The molecule has 2 aliphatic rings. The molecule has 3 rings (SSSR count). The van der Waals surface area contributed by atoms with Crippen molar-refractivity contribution < 1.29 is 14.3 Å². The first-order chi connectivity index (χ1) is 11.7. The predicted molar refractivity (Wildman–Crippen MR) is 88.0 cm³/mol. The Balaban J connectivity index is 1.45. The number of ether oxygens (including phenoxy) is 1. The molecule has 1 heterocycles. The molecule has 1 aliphatic heterocycles. The van der Waals surface area contributed by atoms with Gasteiger partial charge in [0, 0.05) is 13.0 Å². The number of benzene rings is 1. The Morgan fingerprint density at radius 3 is 3.04 bits per heavy atom. The van der Waals surface area contributed by atoms with Gasteiger partial charge in [0.05, 0.1) is 24.1 Å². The molecule has 0 unspecified atom stereocenters. The zero-order valence-corrected chi connectivity index (χ0v) is 13.7. The smallest absolute Gasteiger partial charge is 0.309 e. The van der Waals surface area contributed by atoms with Crippen LogP contribution in [0.15, 0.2) is 24.3 Å². The standard InChI is InChI=1S/C19H22N2O3/c20-13-14-5-4-6-15(11-14)16-12-17(16)19(23)24-10-9-21-8-3-1-2-7-18(21)22/h4-6,11,16-17H,1-3,7-10,12H2/t16-,17+/m1/s1. The molecular formula is C19H22N2O3. The van der Waals surface area contributed by atoms with E-state index in [1.165, 1.54) is 0 Å². The van der Waals surface area contributed by atoms with Crippen molar-refractivity contribution in [2.75, 3.05) is 19.7 Å². The SMILES string of the molecule is N#Cc1cccc([C@H]2C[C@@H]2C(=O)OCCN2CCCCCC2=O)c1. The third-order valence-electron chi connectivity index (χ3n) is 4.81. The lowest BCUT2D eigenvalue weighted by Crippen LogP contribution is -2.34. The Morgan fingerprint density at radius 1 is 1.33 bits per heavy atom. The minimum Gasteiger partial charge on any atom is -0.464 e. The highest BCUT2D eigenvalue weighted by Gasteiger charge is 2.45. The lowest BCUT2D eigenvalue weighted by atomic mass is 10.1. The summed E-state index contributed by atoms with van der Waals surface area (Å²) in [5, 5.41) is 8.95. The topological polar surface area (TPSA) is 70.4 Å². The van der Waals surface area contributed by atoms with Crippen LogP contribution in [-0.2, 0) is 14.3 Å². The van der Waals surface area contributed by atoms with Gasteiger partial charge in [-0.2, -0.15) is 5.26 Å². The van der Waals surface area contributed by atoms with Crippen LogP contribution in [0.25, 0.3) is 0 Å². The van der Waals surface area contributed by atoms with Crippen LogP contribution >= 0.6 is 0 Å². The molecule has 2 atom stereocenters. The molecule has 0 N–H and O–H groups in total. The summed E-state index contributed by atoms with van der Waals surface area (Å²) in [5.74, 6) is 0.0233. The molecule has 0 aromatic heterocycles. The zero-order chi connectivity index (χ0) is 16.9. The molecule has 0 spiro atoms. The van der Waals surface area contributed by atoms with Gasteiger partial charge in [-0.1, -0.05) is 18.6 Å². The van der Waals surface area contributed by atoms with Crippen LogP contribution in [0.3, 0.4) is 0 Å². The molecule has 2 fully saturated rings. The molecule has 0 radical (unpaired) electrons. The summed E-state index contributed by atoms with van der Waals surface area (Å²) >= 11 is 0. The van der Waals surface area contributed by atoms with E-state index in [0.29, 0.717) is 18.5 Å². The summed E-state index contributed by atoms with van der Waals surface area (Å²) in [6, 6.07) is 9.52. The number of nitrogens with zero attached hydrogens (tertiary/aromatic N) is 2. The van der Waals surface area contributed by atoms with Gasteiger partial charge in [-0.25, -0.2) is 0 Å². The first kappa shape index (κ1) is 16.5. The zero-order valence-electron chi connectivity index (χ0n) is 13.7. The van der Waals surface area contributed by atoms with Crippen molar-refractivity contribution in [2.45, 2.75) is 38.0 Å². The normalized spacial score (nSPS) is 23.3. The molecule has 5 nitrogen and oxygen atoms in total. The molecular weight excluding hydrogens is 304 g/mol. The fourth-order valence-electron chi connectivity index (χ4n) is 3.30. The predicted octanol–water partition coefficient (Wildman–Crippen LogP) is 2.61. The molecule has 1 saturated carbocycles. The molecule has 1 amide bonds. The highest BCUT2D eigenvalue weighted by atomic mass is 16.5. The second-order valence-corrected chi connectivity index (χ2v) is 6.54. The van der Waals surface area contributed by atoms with E-state index in [4.69, 9.17) is 10.00 Å². The van der Waals surface area contributed by atoms with E-state index < -0.39 is 0 Å². The summed E-state index contributed by atoms with van der Waals surface area (Å²) in [6.45, 7) is 1.53. The number of amides is 1. The maximum Gasteiger partial charge on any atom is 0.309 e. The van der Waals surface area contributed by atoms with Gasteiger partial charge in [-0.15, -0.1) is 0 Å². The summed E-state index contributed by atoms with van der Waals surface area (Å²) in [4.78, 5) is 25.8. The average molecular weight is 326 g/mol. The van der Waals surface area contributed by atoms with E-state index in [2.05, 4.69) is 6.07 Å². The van der Waals surface area contributed by atoms with Crippen LogP contribution in [0.2, 0.25) is 0 Å². The first-order valence-electron chi connectivity index (χ1n) is 8.63. The second kappa shape index (κ2) is 7.48. The van der Waals surface area contributed by atoms with Crippen molar-refractivity contribution in [1.29, 1.82) is 5.26 Å². The number of carbonyl (C=O) groups excluding carboxylic acids is 2. The molecule has 1 aliphatic carbocycles. The highest BCUT2D eigenvalue weighted by molar-refractivity contribution is 5.78. The van der Waals surface area contributed by atoms with Crippen molar-refractivity contribution in [1.82, 2.24) is 4.90 Å². The quantitative estimate of drug-likeness (QED) is 0.780. The third-order valence-corrected chi connectivity index (χ3v) is 4.81. The van der Waals surface area contributed by atoms with Gasteiger partial charge in [0.1, 0.15) is 6.61 Å². The van der Waals surface area contributed by atoms with E-state index >= 15 is 0 Å². The molecule has 5 heteroatoms. The molecule has 1 aromatic carbocycles. The van der Waals surface area contributed by atoms with Gasteiger partial charge in [0.15, 0.2) is 0 Å². The van der Waals surface area contributed by atoms with Crippen LogP contribution in [-0.4, -0.2) is 36.5 Å². The van der Waals surface area contributed by atoms with E-state index in [-0.39, 0.29) is 30.3 Å². The Hall–Kier alpha value is -2.35. The van der Waals surface area contributed by atoms with E-state index in [1.807, 2.05) is 18.2 Å². The Labute approximate surface area is 142 Å². The maximum absolute atomic E-state index is 12.1. The van der Waals surface area contributed by atoms with Gasteiger partial charge in [0.25, 0.3) is 0 Å². The van der Waals surface area contributed by atoms with Crippen LogP contribution in [0.1, 0.15) is 49.1 Å². The number of rotatable bonds is 5. The van der Waals surface area contributed by atoms with E-state index in [0.717, 1.165) is 37.8 Å². The van der Waals surface area contributed by atoms with Crippen molar-refractivity contribution >= 4 is 11.9 Å². The monoisotopic (exact) mass is 326 g/mol. The van der Waals surface area contributed by atoms with E-state index in [1.54, 1.807) is 11.0 Å². The van der Waals surface area contributed by atoms with Crippen molar-refractivity contribution in [3.05, 3.63) is 35.4 Å². The molecule has 24 heavy (non-hydrogen) atoms. The average Bonchev–Trinajstić information content (AvgIpc) is 3.41. The van der Waals surface area contributed by atoms with Crippen LogP contribution in [0.4, 0.5) is 0 Å². The number of likely N-dealkylation sites (tertiary alicyclic amines) is 1. The Morgan fingerprint density at radius 2 is 2.21 bits per heavy atom. The second-order valence-electron chi connectivity index (χ2n) is 6.54. The highest BCUT2D eigenvalue weighted by Crippen LogP contribution is 2.48. The minimum absolute atomic E-state index is 0.112. The fraction of sp³-hybridized carbons (Fsp3) is 0.526. The van der Waals surface area contributed by atoms with Crippen molar-refractivity contribution in [3.63, 3.8) is 0 Å². The molecule has 0 bridgehead atoms. The van der Waals surface area contributed by atoms with Gasteiger partial charge in [-0.3, -0.25) is 9.59 Å². The number of hydrogen-bond donors (Lipinski definition) is 0. The Bertz CT molecular complexity index is 665. The van der Waals surface area contributed by atoms with Crippen molar-refractivity contribution in [2.24, 2.45) is 5.92 Å². The maximum atomic E-state index is 12.1. The molecule has 1 saturated heterocycles. The van der Waals surface area contributed by atoms with E-state index in [9.17, 15) is 9.59 Å². The summed E-state index contributed by atoms with van der Waals surface area (Å²) in [5.41, 5.74) is 1.64. The largest absolute Gasteiger partial charge is 0.464 e. The third kappa shape index (κ3) is 3.94. The fourth-order valence-corrected chi connectivity index (χ4v) is 3.30. The van der Waals surface area contributed by atoms with Gasteiger partial charge >= 0.3 is 5.97 Å². The first-order valence-corrected chi connectivity index (χ1v) is 8.63. The number of carbonyl (C=O) groups is 2. The Kier molecular flexibility index (Phi) is 5.14. The lowest BCUT2D eigenvalue weighted by molar-refractivity contribution is -0.147. The summed E-state index contributed by atoms with van der Waals surface area (Å²) < 4.78 is 5.37. The van der Waals surface area contributed by atoms with Gasteiger partial charge < -0.3 is 9.64 Å². The molecule has 126 valence electrons. The lowest BCUT2D eigenvalue weighted by Gasteiger charge is -2.20. The number of esters is 1. The van der Waals surface area contributed by atoms with Crippen LogP contribution in [0, 0.1) is 17.2 Å². The van der Waals surface area contributed by atoms with Gasteiger partial charge in [0.2, 0.25) is 5.91 Å². The van der Waals surface area contributed by atoms with Crippen LogP contribution in [0.5, 0.6) is 0 Å². The number of hydrogen-bond acceptors (Lipinski definition) is 4. The van der Waals surface area contributed by atoms with Crippen LogP contribution < -0.4 is 0 Å². The number of nitriles is 1. The minimum atomic E-state index is -0.190. The summed E-state index contributed by atoms with van der Waals surface area (Å²) in [6.07, 6.45) is 4.46. The van der Waals surface area contributed by atoms with Gasteiger partial charge in [-0.05, 0) is 42.9 Å². The molecule has 1 aromatic rings.